The van der Waals surface area contributed by atoms with Gasteiger partial charge in [0.25, 0.3) is 5.91 Å². The van der Waals surface area contributed by atoms with Crippen molar-refractivity contribution < 1.29 is 28.6 Å². The Labute approximate surface area is 217 Å². The van der Waals surface area contributed by atoms with Gasteiger partial charge in [0.05, 0.1) is 12.7 Å². The largest absolute Gasteiger partial charge is 0.496 e. The number of benzene rings is 3. The predicted molar refractivity (Wildman–Crippen MR) is 138 cm³/mol. The molecule has 0 saturated heterocycles. The number of methoxy groups -OCH3 is 1. The van der Waals surface area contributed by atoms with E-state index in [2.05, 4.69) is 21.2 Å². The molecule has 6 nitrogen and oxygen atoms in total. The number of anilines is 1. The van der Waals surface area contributed by atoms with Crippen molar-refractivity contribution in [2.75, 3.05) is 12.4 Å². The van der Waals surface area contributed by atoms with Crippen molar-refractivity contribution in [2.24, 2.45) is 0 Å². The summed E-state index contributed by atoms with van der Waals surface area (Å²) >= 11 is 3.50. The number of fused-ring (bicyclic) bond motifs is 1. The highest BCUT2D eigenvalue weighted by molar-refractivity contribution is 9.10. The highest BCUT2D eigenvalue weighted by Crippen LogP contribution is 2.40. The Morgan fingerprint density at radius 1 is 1.17 bits per heavy atom. The topological polar surface area (TPSA) is 84.9 Å². The van der Waals surface area contributed by atoms with Crippen LogP contribution in [0.5, 0.6) is 5.75 Å². The maximum Gasteiger partial charge on any atom is 0.338 e. The first-order chi connectivity index (χ1) is 17.0. The highest BCUT2D eigenvalue weighted by atomic mass is 79.9. The highest BCUT2D eigenvalue weighted by Gasteiger charge is 2.43. The zero-order chi connectivity index (χ0) is 26.1. The second-order valence-electron chi connectivity index (χ2n) is 9.61. The van der Waals surface area contributed by atoms with E-state index in [0.29, 0.717) is 28.1 Å². The molecule has 8 heteroatoms. The number of hydrogen-bond acceptors (Lipinski definition) is 5. The predicted octanol–water partition coefficient (Wildman–Crippen LogP) is 5.55. The molecule has 0 fully saturated rings. The number of hydrogen-bond donors (Lipinski definition) is 2. The van der Waals surface area contributed by atoms with Crippen molar-refractivity contribution in [2.45, 2.75) is 44.3 Å². The van der Waals surface area contributed by atoms with Crippen LogP contribution >= 0.6 is 15.9 Å². The van der Waals surface area contributed by atoms with Crippen molar-refractivity contribution >= 4 is 33.5 Å². The molecule has 1 aliphatic heterocycles. The molecule has 1 unspecified atom stereocenters. The van der Waals surface area contributed by atoms with Gasteiger partial charge in [0, 0.05) is 27.7 Å². The van der Waals surface area contributed by atoms with Gasteiger partial charge in [-0.15, -0.1) is 0 Å². The monoisotopic (exact) mass is 555 g/mol. The number of amides is 1. The molecule has 0 radical (unpaired) electrons. The van der Waals surface area contributed by atoms with Gasteiger partial charge in [0.15, 0.2) is 0 Å². The van der Waals surface area contributed by atoms with E-state index in [1.54, 1.807) is 18.2 Å². The molecular formula is C28H27BrFNO5. The van der Waals surface area contributed by atoms with Gasteiger partial charge in [-0.05, 0) is 59.9 Å². The van der Waals surface area contributed by atoms with Crippen LogP contribution in [0.25, 0.3) is 0 Å². The van der Waals surface area contributed by atoms with Gasteiger partial charge in [-0.25, -0.2) is 9.18 Å². The Morgan fingerprint density at radius 3 is 2.64 bits per heavy atom. The summed E-state index contributed by atoms with van der Waals surface area (Å²) < 4.78 is 25.4. The van der Waals surface area contributed by atoms with Gasteiger partial charge in [-0.2, -0.15) is 0 Å². The second-order valence-corrected chi connectivity index (χ2v) is 10.5. The van der Waals surface area contributed by atoms with E-state index >= 15 is 0 Å². The quantitative estimate of drug-likeness (QED) is 0.356. The fraction of sp³-hybridized carbons (Fsp3) is 0.286. The van der Waals surface area contributed by atoms with Crippen LogP contribution in [0.2, 0.25) is 0 Å². The average molecular weight is 556 g/mol. The average Bonchev–Trinajstić information content (AvgIpc) is 3.20. The number of nitrogens with one attached hydrogen (secondary N) is 1. The molecule has 1 heterocycles. The van der Waals surface area contributed by atoms with Crippen LogP contribution in [0.3, 0.4) is 0 Å². The van der Waals surface area contributed by atoms with Crippen LogP contribution in [-0.4, -0.2) is 29.7 Å². The molecule has 36 heavy (non-hydrogen) atoms. The van der Waals surface area contributed by atoms with Crippen molar-refractivity contribution in [1.82, 2.24) is 0 Å². The van der Waals surface area contributed by atoms with E-state index in [1.165, 1.54) is 25.3 Å². The normalized spacial score (nSPS) is 14.6. The van der Waals surface area contributed by atoms with Gasteiger partial charge in [0.1, 0.15) is 23.8 Å². The Bertz CT molecular complexity index is 1330. The van der Waals surface area contributed by atoms with E-state index in [9.17, 15) is 19.1 Å². The minimum Gasteiger partial charge on any atom is -0.496 e. The lowest BCUT2D eigenvalue weighted by Gasteiger charge is -2.36. The molecule has 3 aromatic rings. The van der Waals surface area contributed by atoms with Crippen LogP contribution in [-0.2, 0) is 28.0 Å². The van der Waals surface area contributed by atoms with E-state index in [4.69, 9.17) is 9.47 Å². The summed E-state index contributed by atoms with van der Waals surface area (Å²) in [5.41, 5.74) is 0.104. The zero-order valence-corrected chi connectivity index (χ0v) is 21.8. The summed E-state index contributed by atoms with van der Waals surface area (Å²) in [5, 5.41) is 14.7. The first kappa shape index (κ1) is 25.9. The summed E-state index contributed by atoms with van der Waals surface area (Å²) in [6.45, 7) is 3.80. The molecule has 1 atom stereocenters. The number of cyclic esters (lactones) is 1. The molecule has 1 amide bonds. The van der Waals surface area contributed by atoms with E-state index in [0.717, 1.165) is 10.0 Å². The van der Waals surface area contributed by atoms with Crippen LogP contribution < -0.4 is 10.1 Å². The fourth-order valence-corrected chi connectivity index (χ4v) is 5.10. The summed E-state index contributed by atoms with van der Waals surface area (Å²) in [7, 11) is 1.50. The van der Waals surface area contributed by atoms with Gasteiger partial charge >= 0.3 is 5.97 Å². The molecule has 2 N–H and O–H groups in total. The molecule has 3 aromatic carbocycles. The summed E-state index contributed by atoms with van der Waals surface area (Å²) in [6.07, 6.45) is -0.0205. The first-order valence-electron chi connectivity index (χ1n) is 11.4. The fourth-order valence-electron chi connectivity index (χ4n) is 4.67. The lowest BCUT2D eigenvalue weighted by molar-refractivity contribution is -0.136. The standard InChI is InChI=1S/C28H27BrFNO5/c1-27(2,22-13-19(30)8-11-24(22)35-3)16-28(34,14-17-6-4-5-7-23(17)29)26(33)31-20-9-10-21-18(12-20)15-36-25(21)32/h4-13,34H,14-16H2,1-3H3,(H,31,33). The molecule has 0 spiro atoms. The first-order valence-corrected chi connectivity index (χ1v) is 12.2. The SMILES string of the molecule is COc1ccc(F)cc1C(C)(C)CC(O)(Cc1ccccc1Br)C(=O)Nc1ccc2c(c1)COC2=O. The lowest BCUT2D eigenvalue weighted by Crippen LogP contribution is -2.49. The molecule has 4 rings (SSSR count). The molecular weight excluding hydrogens is 529 g/mol. The van der Waals surface area contributed by atoms with E-state index in [1.807, 2.05) is 38.1 Å². The molecule has 0 bridgehead atoms. The molecule has 0 aromatic heterocycles. The zero-order valence-electron chi connectivity index (χ0n) is 20.2. The third-order valence-corrected chi connectivity index (χ3v) is 7.20. The molecule has 0 aliphatic carbocycles. The van der Waals surface area contributed by atoms with Crippen molar-refractivity contribution in [3.05, 3.63) is 93.2 Å². The van der Waals surface area contributed by atoms with Gasteiger partial charge in [0.2, 0.25) is 0 Å². The van der Waals surface area contributed by atoms with Gasteiger partial charge in [-0.3, -0.25) is 4.79 Å². The van der Waals surface area contributed by atoms with Gasteiger partial charge < -0.3 is 19.9 Å². The number of halogens is 2. The number of carbonyl (C=O) groups is 2. The maximum atomic E-state index is 14.2. The summed E-state index contributed by atoms with van der Waals surface area (Å²) in [4.78, 5) is 25.4. The van der Waals surface area contributed by atoms with Crippen LogP contribution in [0, 0.1) is 5.82 Å². The number of aliphatic hydroxyl groups is 1. The number of rotatable bonds is 8. The molecule has 188 valence electrons. The Hall–Kier alpha value is -3.23. The van der Waals surface area contributed by atoms with Crippen LogP contribution in [0.15, 0.2) is 65.1 Å². The van der Waals surface area contributed by atoms with Crippen LogP contribution in [0.4, 0.5) is 10.1 Å². The third-order valence-electron chi connectivity index (χ3n) is 6.43. The minimum atomic E-state index is -1.88. The minimum absolute atomic E-state index is 0.00779. The number of ether oxygens (including phenoxy) is 2. The maximum absolute atomic E-state index is 14.2. The Morgan fingerprint density at radius 2 is 1.92 bits per heavy atom. The third kappa shape index (κ3) is 5.29. The van der Waals surface area contributed by atoms with Crippen molar-refractivity contribution in [3.8, 4) is 5.75 Å². The molecule has 1 aliphatic rings. The van der Waals surface area contributed by atoms with Crippen molar-refractivity contribution in [3.63, 3.8) is 0 Å². The Kier molecular flexibility index (Phi) is 7.20. The lowest BCUT2D eigenvalue weighted by atomic mass is 9.72. The van der Waals surface area contributed by atoms with E-state index < -0.39 is 28.7 Å². The second kappa shape index (κ2) is 10.0. The van der Waals surface area contributed by atoms with Crippen molar-refractivity contribution in [1.29, 1.82) is 0 Å². The van der Waals surface area contributed by atoms with E-state index in [-0.39, 0.29) is 19.4 Å². The summed E-state index contributed by atoms with van der Waals surface area (Å²) in [5.74, 6) is -0.994. The summed E-state index contributed by atoms with van der Waals surface area (Å²) in [6, 6.07) is 16.4. The Balaban J connectivity index is 1.69. The molecule has 0 saturated carbocycles. The van der Waals surface area contributed by atoms with Crippen LogP contribution in [0.1, 0.15) is 47.3 Å². The number of esters is 1. The smallest absolute Gasteiger partial charge is 0.338 e. The number of carbonyl (C=O) groups excluding carboxylic acids is 2. The van der Waals surface area contributed by atoms with Gasteiger partial charge in [-0.1, -0.05) is 48.0 Å².